The Morgan fingerprint density at radius 1 is 1.42 bits per heavy atom. The van der Waals surface area contributed by atoms with E-state index in [1.54, 1.807) is 6.92 Å². The maximum atomic E-state index is 12.0. The van der Waals surface area contributed by atoms with Crippen LogP contribution in [-0.4, -0.2) is 23.7 Å². The number of hydrogen-bond acceptors (Lipinski definition) is 3. The van der Waals surface area contributed by atoms with E-state index in [9.17, 15) is 9.59 Å². The number of aryl methyl sites for hydroxylation is 1. The first-order chi connectivity index (χ1) is 9.13. The summed E-state index contributed by atoms with van der Waals surface area (Å²) in [7, 11) is 0. The van der Waals surface area contributed by atoms with E-state index in [4.69, 9.17) is 9.84 Å². The van der Waals surface area contributed by atoms with Crippen LogP contribution in [0.2, 0.25) is 0 Å². The Morgan fingerprint density at radius 3 is 2.84 bits per heavy atom. The lowest BCUT2D eigenvalue weighted by atomic mass is 9.85. The minimum absolute atomic E-state index is 0.0358. The minimum Gasteiger partial charge on any atom is -0.481 e. The van der Waals surface area contributed by atoms with Crippen LogP contribution in [0.3, 0.4) is 0 Å². The van der Waals surface area contributed by atoms with Gasteiger partial charge >= 0.3 is 11.9 Å². The minimum atomic E-state index is -0.956. The third kappa shape index (κ3) is 2.95. The molecule has 0 spiro atoms. The molecule has 19 heavy (non-hydrogen) atoms. The van der Waals surface area contributed by atoms with Crippen LogP contribution in [0.5, 0.6) is 0 Å². The fraction of sp³-hybridized carbons (Fsp3) is 0.467. The van der Waals surface area contributed by atoms with Crippen molar-refractivity contribution in [1.29, 1.82) is 0 Å². The van der Waals surface area contributed by atoms with Gasteiger partial charge in [-0.15, -0.1) is 0 Å². The van der Waals surface area contributed by atoms with E-state index in [0.717, 1.165) is 18.4 Å². The molecular formula is C15H18O4. The Hall–Kier alpha value is -1.84. The number of hydrogen-bond donors (Lipinski definition) is 1. The van der Waals surface area contributed by atoms with Gasteiger partial charge < -0.3 is 9.84 Å². The first-order valence-corrected chi connectivity index (χ1v) is 6.59. The number of esters is 1. The largest absolute Gasteiger partial charge is 0.481 e. The summed E-state index contributed by atoms with van der Waals surface area (Å²) in [6.07, 6.45) is 1.55. The van der Waals surface area contributed by atoms with E-state index in [1.165, 1.54) is 5.56 Å². The highest BCUT2D eigenvalue weighted by Crippen LogP contribution is 2.40. The molecule has 0 saturated carbocycles. The SMILES string of the molecule is CCOC(=O)[C@H](CC(=O)O)[C@H]1CCc2ccccc21. The van der Waals surface area contributed by atoms with Crippen LogP contribution in [0.25, 0.3) is 0 Å². The molecule has 0 saturated heterocycles. The molecule has 1 aliphatic rings. The van der Waals surface area contributed by atoms with Gasteiger partial charge in [-0.2, -0.15) is 0 Å². The summed E-state index contributed by atoms with van der Waals surface area (Å²) in [6, 6.07) is 7.93. The smallest absolute Gasteiger partial charge is 0.310 e. The molecule has 102 valence electrons. The van der Waals surface area contributed by atoms with E-state index in [0.29, 0.717) is 0 Å². The predicted octanol–water partition coefficient (Wildman–Crippen LogP) is 2.37. The van der Waals surface area contributed by atoms with E-state index >= 15 is 0 Å². The highest BCUT2D eigenvalue weighted by Gasteiger charge is 2.36. The van der Waals surface area contributed by atoms with Gasteiger partial charge in [0, 0.05) is 0 Å². The summed E-state index contributed by atoms with van der Waals surface area (Å²) in [5.74, 6) is -1.97. The number of carbonyl (C=O) groups excluding carboxylic acids is 1. The molecule has 2 rings (SSSR count). The van der Waals surface area contributed by atoms with Gasteiger partial charge in [0.25, 0.3) is 0 Å². The van der Waals surface area contributed by atoms with Crippen LogP contribution < -0.4 is 0 Å². The average Bonchev–Trinajstić information content (AvgIpc) is 2.79. The molecule has 0 aromatic heterocycles. The molecule has 4 heteroatoms. The summed E-state index contributed by atoms with van der Waals surface area (Å²) in [4.78, 5) is 23.0. The van der Waals surface area contributed by atoms with Crippen LogP contribution in [0.1, 0.15) is 36.8 Å². The number of carbonyl (C=O) groups is 2. The molecule has 0 fully saturated rings. The van der Waals surface area contributed by atoms with Gasteiger partial charge in [0.05, 0.1) is 18.9 Å². The van der Waals surface area contributed by atoms with Crippen LogP contribution in [-0.2, 0) is 20.7 Å². The van der Waals surface area contributed by atoms with Crippen molar-refractivity contribution < 1.29 is 19.4 Å². The first kappa shape index (κ1) is 13.6. The monoisotopic (exact) mass is 262 g/mol. The Morgan fingerprint density at radius 2 is 2.16 bits per heavy atom. The number of fused-ring (bicyclic) bond motifs is 1. The molecule has 0 aliphatic heterocycles. The van der Waals surface area contributed by atoms with E-state index in [-0.39, 0.29) is 18.9 Å². The van der Waals surface area contributed by atoms with Gasteiger partial charge in [-0.3, -0.25) is 9.59 Å². The first-order valence-electron chi connectivity index (χ1n) is 6.59. The van der Waals surface area contributed by atoms with Crippen LogP contribution in [0.15, 0.2) is 24.3 Å². The number of benzene rings is 1. The van der Waals surface area contributed by atoms with Crippen molar-refractivity contribution in [1.82, 2.24) is 0 Å². The van der Waals surface area contributed by atoms with Gasteiger partial charge in [-0.25, -0.2) is 0 Å². The fourth-order valence-electron chi connectivity index (χ4n) is 2.84. The van der Waals surface area contributed by atoms with Crippen molar-refractivity contribution >= 4 is 11.9 Å². The number of aliphatic carboxylic acids is 1. The highest BCUT2D eigenvalue weighted by atomic mass is 16.5. The van der Waals surface area contributed by atoms with Gasteiger partial charge in [0.1, 0.15) is 0 Å². The summed E-state index contributed by atoms with van der Waals surface area (Å²) < 4.78 is 5.03. The molecule has 1 N–H and O–H groups in total. The lowest BCUT2D eigenvalue weighted by Crippen LogP contribution is -2.26. The Kier molecular flexibility index (Phi) is 4.20. The zero-order chi connectivity index (χ0) is 13.8. The van der Waals surface area contributed by atoms with Crippen LogP contribution in [0.4, 0.5) is 0 Å². The zero-order valence-electron chi connectivity index (χ0n) is 11.0. The topological polar surface area (TPSA) is 63.6 Å². The Labute approximate surface area is 112 Å². The third-order valence-electron chi connectivity index (χ3n) is 3.65. The van der Waals surface area contributed by atoms with Crippen molar-refractivity contribution in [2.45, 2.75) is 32.1 Å². The second-order valence-corrected chi connectivity index (χ2v) is 4.80. The van der Waals surface area contributed by atoms with Crippen molar-refractivity contribution in [2.75, 3.05) is 6.61 Å². The number of carboxylic acids is 1. The second-order valence-electron chi connectivity index (χ2n) is 4.80. The highest BCUT2D eigenvalue weighted by molar-refractivity contribution is 5.80. The maximum absolute atomic E-state index is 12.0. The quantitative estimate of drug-likeness (QED) is 0.827. The number of rotatable bonds is 5. The lowest BCUT2D eigenvalue weighted by Gasteiger charge is -2.21. The lowest BCUT2D eigenvalue weighted by molar-refractivity contribution is -0.153. The van der Waals surface area contributed by atoms with Crippen molar-refractivity contribution in [3.63, 3.8) is 0 Å². The molecule has 1 aromatic rings. The van der Waals surface area contributed by atoms with Crippen molar-refractivity contribution in [3.8, 4) is 0 Å². The normalized spacial score (nSPS) is 18.7. The van der Waals surface area contributed by atoms with Crippen molar-refractivity contribution in [3.05, 3.63) is 35.4 Å². The van der Waals surface area contributed by atoms with Gasteiger partial charge in [0.15, 0.2) is 0 Å². The fourth-order valence-corrected chi connectivity index (χ4v) is 2.84. The molecule has 1 aromatic carbocycles. The zero-order valence-corrected chi connectivity index (χ0v) is 11.0. The maximum Gasteiger partial charge on any atom is 0.310 e. The molecule has 1 aliphatic carbocycles. The van der Waals surface area contributed by atoms with Gasteiger partial charge in [0.2, 0.25) is 0 Å². The molecule has 4 nitrogen and oxygen atoms in total. The van der Waals surface area contributed by atoms with Gasteiger partial charge in [-0.05, 0) is 36.8 Å². The average molecular weight is 262 g/mol. The van der Waals surface area contributed by atoms with E-state index in [1.807, 2.05) is 24.3 Å². The standard InChI is InChI=1S/C15H18O4/c1-2-19-15(18)13(9-14(16)17)12-8-7-10-5-3-4-6-11(10)12/h3-6,12-13H,2,7-9H2,1H3,(H,16,17)/t12-,13+/m0/s1. The molecule has 0 radical (unpaired) electrons. The predicted molar refractivity (Wildman–Crippen MR) is 69.9 cm³/mol. The summed E-state index contributed by atoms with van der Waals surface area (Å²) in [5, 5.41) is 9.00. The number of ether oxygens (including phenoxy) is 1. The molecule has 0 unspecified atom stereocenters. The third-order valence-corrected chi connectivity index (χ3v) is 3.65. The van der Waals surface area contributed by atoms with Gasteiger partial charge in [-0.1, -0.05) is 24.3 Å². The van der Waals surface area contributed by atoms with E-state index < -0.39 is 17.9 Å². The summed E-state index contributed by atoms with van der Waals surface area (Å²) in [6.45, 7) is 2.02. The molecule has 2 atom stereocenters. The number of carboxylic acid groups (broad SMARTS) is 1. The van der Waals surface area contributed by atoms with Crippen LogP contribution in [0, 0.1) is 5.92 Å². The van der Waals surface area contributed by atoms with Crippen LogP contribution >= 0.6 is 0 Å². The van der Waals surface area contributed by atoms with E-state index in [2.05, 4.69) is 0 Å². The Balaban J connectivity index is 2.24. The molecule has 0 bridgehead atoms. The Bertz CT molecular complexity index is 481. The molecule has 0 amide bonds. The second kappa shape index (κ2) is 5.87. The van der Waals surface area contributed by atoms with Crippen molar-refractivity contribution in [2.24, 2.45) is 5.92 Å². The summed E-state index contributed by atoms with van der Waals surface area (Å²) in [5.41, 5.74) is 2.31. The molecule has 0 heterocycles. The summed E-state index contributed by atoms with van der Waals surface area (Å²) >= 11 is 0. The molecular weight excluding hydrogens is 244 g/mol.